The summed E-state index contributed by atoms with van der Waals surface area (Å²) in [5, 5.41) is 9.49. The summed E-state index contributed by atoms with van der Waals surface area (Å²) in [5.74, 6) is -1.25. The number of hydrogen-bond acceptors (Lipinski definition) is 2. The van der Waals surface area contributed by atoms with Crippen molar-refractivity contribution in [1.82, 2.24) is 0 Å². The molecule has 6 heteroatoms. The minimum Gasteiger partial charge on any atom is -0.481 e. The maximum absolute atomic E-state index is 12.1. The fourth-order valence-corrected chi connectivity index (χ4v) is 2.76. The number of rotatable bonds is 3. The molecule has 0 spiro atoms. The maximum atomic E-state index is 12.1. The number of aliphatic carboxylic acids is 1. The van der Waals surface area contributed by atoms with Crippen LogP contribution in [0.15, 0.2) is 24.3 Å². The summed E-state index contributed by atoms with van der Waals surface area (Å²) in [5.41, 5.74) is -0.436. The molecular weight excluding hydrogens is 273 g/mol. The van der Waals surface area contributed by atoms with Gasteiger partial charge in [-0.25, -0.2) is 0 Å². The van der Waals surface area contributed by atoms with E-state index in [9.17, 15) is 23.1 Å². The van der Waals surface area contributed by atoms with Crippen LogP contribution in [0, 0.1) is 0 Å². The second kappa shape index (κ2) is 5.34. The van der Waals surface area contributed by atoms with Gasteiger partial charge in [-0.05, 0) is 30.5 Å². The van der Waals surface area contributed by atoms with Gasteiger partial charge >= 0.3 is 12.3 Å². The first kappa shape index (κ1) is 14.7. The van der Waals surface area contributed by atoms with Crippen molar-refractivity contribution in [1.29, 1.82) is 0 Å². The molecule has 0 aromatic heterocycles. The molecule has 1 aliphatic carbocycles. The predicted octanol–water partition coefficient (Wildman–Crippen LogP) is 3.87. The monoisotopic (exact) mass is 288 g/mol. The number of halogens is 3. The Hall–Kier alpha value is -1.72. The summed E-state index contributed by atoms with van der Waals surface area (Å²) in [6.07, 6.45) is -1.09. The fraction of sp³-hybridized carbons (Fsp3) is 0.500. The fourth-order valence-electron chi connectivity index (χ4n) is 2.76. The summed E-state index contributed by atoms with van der Waals surface area (Å²) in [6, 6.07) is 5.17. The molecule has 1 N–H and O–H groups in total. The topological polar surface area (TPSA) is 46.5 Å². The molecule has 3 nitrogen and oxygen atoms in total. The number of carboxylic acids is 1. The van der Waals surface area contributed by atoms with Crippen LogP contribution in [0.2, 0.25) is 0 Å². The number of carboxylic acid groups (broad SMARTS) is 1. The highest BCUT2D eigenvalue weighted by atomic mass is 19.4. The van der Waals surface area contributed by atoms with E-state index in [1.165, 1.54) is 24.3 Å². The normalized spacial score (nSPS) is 18.6. The highest BCUT2D eigenvalue weighted by Crippen LogP contribution is 2.40. The number of hydrogen-bond donors (Lipinski definition) is 1. The van der Waals surface area contributed by atoms with E-state index in [-0.39, 0.29) is 5.75 Å². The lowest BCUT2D eigenvalue weighted by Gasteiger charge is -2.33. The number of alkyl halides is 3. The molecule has 0 unspecified atom stereocenters. The highest BCUT2D eigenvalue weighted by molar-refractivity contribution is 5.81. The van der Waals surface area contributed by atoms with Crippen LogP contribution in [0.25, 0.3) is 0 Å². The first-order chi connectivity index (χ1) is 9.33. The lowest BCUT2D eigenvalue weighted by Crippen LogP contribution is -2.37. The second-order valence-corrected chi connectivity index (χ2v) is 5.02. The van der Waals surface area contributed by atoms with Crippen molar-refractivity contribution >= 4 is 5.97 Å². The van der Waals surface area contributed by atoms with E-state index in [0.717, 1.165) is 19.3 Å². The van der Waals surface area contributed by atoms with E-state index < -0.39 is 17.7 Å². The highest BCUT2D eigenvalue weighted by Gasteiger charge is 2.41. The third-order valence-electron chi connectivity index (χ3n) is 3.76. The van der Waals surface area contributed by atoms with Gasteiger partial charge in [0, 0.05) is 0 Å². The van der Waals surface area contributed by atoms with E-state index >= 15 is 0 Å². The molecule has 0 atom stereocenters. The van der Waals surface area contributed by atoms with Crippen molar-refractivity contribution in [2.45, 2.75) is 43.9 Å². The number of benzene rings is 1. The first-order valence-electron chi connectivity index (χ1n) is 6.43. The molecule has 0 bridgehead atoms. The van der Waals surface area contributed by atoms with Gasteiger partial charge in [-0.1, -0.05) is 31.4 Å². The quantitative estimate of drug-likeness (QED) is 0.918. The SMILES string of the molecule is O=C(O)C1(c2ccc(OC(F)(F)F)cc2)CCCCC1. The van der Waals surface area contributed by atoms with Crippen LogP contribution in [0.1, 0.15) is 37.7 Å². The third-order valence-corrected chi connectivity index (χ3v) is 3.76. The predicted molar refractivity (Wildman–Crippen MR) is 65.5 cm³/mol. The lowest BCUT2D eigenvalue weighted by atomic mass is 9.69. The van der Waals surface area contributed by atoms with Crippen LogP contribution >= 0.6 is 0 Å². The van der Waals surface area contributed by atoms with Crippen molar-refractivity contribution in [3.8, 4) is 5.75 Å². The Balaban J connectivity index is 2.25. The summed E-state index contributed by atoms with van der Waals surface area (Å²) >= 11 is 0. The Morgan fingerprint density at radius 1 is 1.10 bits per heavy atom. The Kier molecular flexibility index (Phi) is 3.92. The van der Waals surface area contributed by atoms with E-state index in [4.69, 9.17) is 0 Å². The number of carbonyl (C=O) groups is 1. The molecular formula is C14H15F3O3. The zero-order valence-electron chi connectivity index (χ0n) is 10.7. The summed E-state index contributed by atoms with van der Waals surface area (Å²) in [4.78, 5) is 11.6. The zero-order chi connectivity index (χ0) is 14.8. The summed E-state index contributed by atoms with van der Waals surface area (Å²) in [6.45, 7) is 0. The van der Waals surface area contributed by atoms with Gasteiger partial charge in [0.25, 0.3) is 0 Å². The molecule has 1 aromatic carbocycles. The van der Waals surface area contributed by atoms with E-state index in [0.29, 0.717) is 18.4 Å². The average Bonchev–Trinajstić information content (AvgIpc) is 2.38. The average molecular weight is 288 g/mol. The van der Waals surface area contributed by atoms with Gasteiger partial charge in [0.1, 0.15) is 5.75 Å². The second-order valence-electron chi connectivity index (χ2n) is 5.02. The van der Waals surface area contributed by atoms with Gasteiger partial charge in [0.15, 0.2) is 0 Å². The van der Waals surface area contributed by atoms with Gasteiger partial charge in [-0.2, -0.15) is 0 Å². The van der Waals surface area contributed by atoms with Crippen LogP contribution in [0.5, 0.6) is 5.75 Å². The summed E-state index contributed by atoms with van der Waals surface area (Å²) in [7, 11) is 0. The molecule has 1 saturated carbocycles. The molecule has 0 heterocycles. The van der Waals surface area contributed by atoms with Gasteiger partial charge in [-0.15, -0.1) is 13.2 Å². The molecule has 110 valence electrons. The van der Waals surface area contributed by atoms with Crippen LogP contribution in [0.4, 0.5) is 13.2 Å². The van der Waals surface area contributed by atoms with Crippen LogP contribution in [0.3, 0.4) is 0 Å². The van der Waals surface area contributed by atoms with Crippen molar-refractivity contribution in [2.75, 3.05) is 0 Å². The minimum absolute atomic E-state index is 0.336. The van der Waals surface area contributed by atoms with Crippen LogP contribution < -0.4 is 4.74 Å². The zero-order valence-corrected chi connectivity index (χ0v) is 10.7. The van der Waals surface area contributed by atoms with E-state index in [1.807, 2.05) is 0 Å². The molecule has 0 radical (unpaired) electrons. The van der Waals surface area contributed by atoms with E-state index in [1.54, 1.807) is 0 Å². The number of ether oxygens (including phenoxy) is 1. The largest absolute Gasteiger partial charge is 0.573 e. The molecule has 0 saturated heterocycles. The molecule has 2 rings (SSSR count). The Bertz CT molecular complexity index is 473. The molecule has 1 fully saturated rings. The maximum Gasteiger partial charge on any atom is 0.573 e. The molecule has 0 amide bonds. The van der Waals surface area contributed by atoms with E-state index in [2.05, 4.69) is 4.74 Å². The van der Waals surface area contributed by atoms with Crippen LogP contribution in [-0.4, -0.2) is 17.4 Å². The minimum atomic E-state index is -4.74. The molecule has 1 aromatic rings. The Morgan fingerprint density at radius 2 is 1.65 bits per heavy atom. The Morgan fingerprint density at radius 3 is 2.10 bits per heavy atom. The van der Waals surface area contributed by atoms with Crippen molar-refractivity contribution < 1.29 is 27.8 Å². The molecule has 0 aliphatic heterocycles. The Labute approximate surface area is 114 Å². The van der Waals surface area contributed by atoms with Crippen molar-refractivity contribution in [3.05, 3.63) is 29.8 Å². The molecule has 20 heavy (non-hydrogen) atoms. The summed E-state index contributed by atoms with van der Waals surface area (Å²) < 4.78 is 40.0. The van der Waals surface area contributed by atoms with Crippen molar-refractivity contribution in [3.63, 3.8) is 0 Å². The molecule has 1 aliphatic rings. The van der Waals surface area contributed by atoms with Gasteiger partial charge in [-0.3, -0.25) is 4.79 Å². The van der Waals surface area contributed by atoms with Crippen molar-refractivity contribution in [2.24, 2.45) is 0 Å². The smallest absolute Gasteiger partial charge is 0.481 e. The van der Waals surface area contributed by atoms with Gasteiger partial charge in [0.05, 0.1) is 5.41 Å². The first-order valence-corrected chi connectivity index (χ1v) is 6.43. The van der Waals surface area contributed by atoms with Gasteiger partial charge < -0.3 is 9.84 Å². The van der Waals surface area contributed by atoms with Crippen LogP contribution in [-0.2, 0) is 10.2 Å². The van der Waals surface area contributed by atoms with Gasteiger partial charge in [0.2, 0.25) is 0 Å². The lowest BCUT2D eigenvalue weighted by molar-refractivity contribution is -0.274. The standard InChI is InChI=1S/C14H15F3O3/c15-14(16,17)20-11-6-4-10(5-7-11)13(12(18)19)8-2-1-3-9-13/h4-7H,1-3,8-9H2,(H,18,19). The third kappa shape index (κ3) is 3.05.